The van der Waals surface area contributed by atoms with Crippen LogP contribution in [0.4, 0.5) is 0 Å². The minimum atomic E-state index is -1.32. The number of para-hydroxylation sites is 1. The molecule has 1 aliphatic rings. The molecule has 0 amide bonds. The standard InChI is InChI=1S/C42H50N2O6/c43-25-13-4-14-26-46-31-38-39(47-28-32-15-5-1-6-16-32)40(48-29-33-17-7-2-8-18-33)42(41(45)50-38,49-30-34-19-9-3-10-20-34)24-23-35-27-44-37-22-12-11-21-36(35)37/h1-3,5-12,15-22,27,38-41,44-45H,4,13-14,23-26,28-31,43H2/t38-,39-,40+,41-,42-/m1/s1. The molecular formula is C42H50N2O6. The maximum atomic E-state index is 12.2. The molecule has 50 heavy (non-hydrogen) atoms. The summed E-state index contributed by atoms with van der Waals surface area (Å²) in [6.45, 7) is 2.36. The van der Waals surface area contributed by atoms with Gasteiger partial charge in [-0.1, -0.05) is 109 Å². The number of H-pyrrole nitrogens is 1. The monoisotopic (exact) mass is 678 g/mol. The zero-order valence-corrected chi connectivity index (χ0v) is 28.7. The number of aliphatic hydroxyl groups excluding tert-OH is 1. The van der Waals surface area contributed by atoms with Crippen molar-refractivity contribution in [2.24, 2.45) is 5.73 Å². The first-order valence-electron chi connectivity index (χ1n) is 17.8. The van der Waals surface area contributed by atoms with E-state index in [9.17, 15) is 5.11 Å². The molecule has 1 saturated heterocycles. The van der Waals surface area contributed by atoms with E-state index in [-0.39, 0.29) is 13.2 Å². The van der Waals surface area contributed by atoms with Gasteiger partial charge in [0, 0.05) is 23.7 Å². The van der Waals surface area contributed by atoms with Crippen molar-refractivity contribution >= 4 is 10.9 Å². The Labute approximate surface area is 295 Å². The molecule has 0 aliphatic carbocycles. The first-order chi connectivity index (χ1) is 24.7. The summed E-state index contributed by atoms with van der Waals surface area (Å²) in [7, 11) is 0. The largest absolute Gasteiger partial charge is 0.379 e. The van der Waals surface area contributed by atoms with Gasteiger partial charge in [0.25, 0.3) is 0 Å². The number of fused-ring (bicyclic) bond motifs is 1. The molecule has 8 heteroatoms. The van der Waals surface area contributed by atoms with Crippen LogP contribution in [0.15, 0.2) is 121 Å². The van der Waals surface area contributed by atoms with E-state index in [0.717, 1.165) is 52.4 Å². The number of aromatic nitrogens is 1. The number of hydrogen-bond donors (Lipinski definition) is 3. The van der Waals surface area contributed by atoms with Crippen molar-refractivity contribution in [2.75, 3.05) is 19.8 Å². The lowest BCUT2D eigenvalue weighted by molar-refractivity contribution is -0.360. The minimum Gasteiger partial charge on any atom is -0.379 e. The Morgan fingerprint density at radius 1 is 0.720 bits per heavy atom. The van der Waals surface area contributed by atoms with Crippen molar-refractivity contribution in [3.63, 3.8) is 0 Å². The predicted molar refractivity (Wildman–Crippen MR) is 195 cm³/mol. The van der Waals surface area contributed by atoms with Gasteiger partial charge in [-0.05, 0) is 67.0 Å². The minimum absolute atomic E-state index is 0.238. The number of nitrogens with one attached hydrogen (secondary N) is 1. The van der Waals surface area contributed by atoms with Crippen molar-refractivity contribution in [3.8, 4) is 0 Å². The Balaban J connectivity index is 1.35. The highest BCUT2D eigenvalue weighted by molar-refractivity contribution is 5.83. The number of aliphatic hydroxyl groups is 1. The highest BCUT2D eigenvalue weighted by Gasteiger charge is 2.58. The van der Waals surface area contributed by atoms with E-state index in [0.29, 0.717) is 39.2 Å². The summed E-state index contributed by atoms with van der Waals surface area (Å²) >= 11 is 0. The second-order valence-electron chi connectivity index (χ2n) is 13.0. The molecule has 1 fully saturated rings. The van der Waals surface area contributed by atoms with Crippen molar-refractivity contribution in [2.45, 2.75) is 82.1 Å². The highest BCUT2D eigenvalue weighted by Crippen LogP contribution is 2.41. The molecule has 1 aliphatic heterocycles. The lowest BCUT2D eigenvalue weighted by Gasteiger charge is -2.52. The highest BCUT2D eigenvalue weighted by atomic mass is 16.7. The number of ether oxygens (including phenoxy) is 5. The molecule has 1 aromatic heterocycles. The molecule has 0 bridgehead atoms. The Hall–Kier alpha value is -3.86. The third-order valence-corrected chi connectivity index (χ3v) is 9.51. The summed E-state index contributed by atoms with van der Waals surface area (Å²) in [5.41, 5.74) is 9.62. The van der Waals surface area contributed by atoms with Crippen LogP contribution < -0.4 is 5.73 Å². The number of nitrogens with two attached hydrogens (primary N) is 1. The van der Waals surface area contributed by atoms with Gasteiger partial charge in [-0.15, -0.1) is 0 Å². The van der Waals surface area contributed by atoms with Crippen molar-refractivity contribution in [1.82, 2.24) is 4.98 Å². The molecule has 4 aromatic carbocycles. The molecular weight excluding hydrogens is 628 g/mol. The maximum Gasteiger partial charge on any atom is 0.187 e. The fourth-order valence-electron chi connectivity index (χ4n) is 6.74. The smallest absolute Gasteiger partial charge is 0.187 e. The zero-order valence-electron chi connectivity index (χ0n) is 28.7. The van der Waals surface area contributed by atoms with Gasteiger partial charge in [-0.3, -0.25) is 0 Å². The Morgan fingerprint density at radius 2 is 1.34 bits per heavy atom. The van der Waals surface area contributed by atoms with E-state index < -0.39 is 30.2 Å². The Bertz CT molecular complexity index is 1680. The quantitative estimate of drug-likeness (QED) is 0.0801. The SMILES string of the molecule is NCCCCCOC[C@H]1O[C@@H](O)[C@](CCc2c[nH]c3ccccc23)(OCc2ccccc2)[C@@H](OCc2ccccc2)[C@@H]1OCc1ccccc1. The first kappa shape index (κ1) is 35.9. The average Bonchev–Trinajstić information content (AvgIpc) is 3.58. The summed E-state index contributed by atoms with van der Waals surface area (Å²) in [4.78, 5) is 3.40. The van der Waals surface area contributed by atoms with Crippen molar-refractivity contribution in [1.29, 1.82) is 0 Å². The summed E-state index contributed by atoms with van der Waals surface area (Å²) in [6.07, 6.45) is 2.65. The summed E-state index contributed by atoms with van der Waals surface area (Å²) in [5.74, 6) is 0. The number of aryl methyl sites for hydroxylation is 1. The van der Waals surface area contributed by atoms with E-state index >= 15 is 0 Å². The van der Waals surface area contributed by atoms with Crippen LogP contribution in [-0.4, -0.2) is 60.1 Å². The summed E-state index contributed by atoms with van der Waals surface area (Å²) < 4.78 is 33.4. The van der Waals surface area contributed by atoms with Crippen molar-refractivity contribution < 1.29 is 28.8 Å². The second kappa shape index (κ2) is 18.4. The fraction of sp³-hybridized carbons (Fsp3) is 0.381. The second-order valence-corrected chi connectivity index (χ2v) is 13.0. The number of benzene rings is 4. The van der Waals surface area contributed by atoms with E-state index in [2.05, 4.69) is 17.1 Å². The average molecular weight is 679 g/mol. The lowest BCUT2D eigenvalue weighted by atomic mass is 9.81. The zero-order chi connectivity index (χ0) is 34.4. The van der Waals surface area contributed by atoms with Gasteiger partial charge in [0.05, 0.1) is 26.4 Å². The van der Waals surface area contributed by atoms with Gasteiger partial charge in [-0.2, -0.15) is 0 Å². The third kappa shape index (κ3) is 9.27. The first-order valence-corrected chi connectivity index (χ1v) is 17.8. The van der Waals surface area contributed by atoms with Crippen LogP contribution in [-0.2, 0) is 49.9 Å². The number of rotatable bonds is 19. The van der Waals surface area contributed by atoms with Crippen LogP contribution in [0.2, 0.25) is 0 Å². The topological polar surface area (TPSA) is 108 Å². The molecule has 0 spiro atoms. The van der Waals surface area contributed by atoms with Gasteiger partial charge < -0.3 is 39.5 Å². The van der Waals surface area contributed by atoms with Crippen LogP contribution in [0.1, 0.15) is 47.9 Å². The van der Waals surface area contributed by atoms with Gasteiger partial charge in [0.2, 0.25) is 0 Å². The van der Waals surface area contributed by atoms with Crippen LogP contribution in [0.25, 0.3) is 10.9 Å². The molecule has 6 rings (SSSR count). The third-order valence-electron chi connectivity index (χ3n) is 9.51. The fourth-order valence-corrected chi connectivity index (χ4v) is 6.74. The molecule has 2 heterocycles. The Morgan fingerprint density at radius 3 is 2.02 bits per heavy atom. The van der Waals surface area contributed by atoms with E-state index in [4.69, 9.17) is 29.4 Å². The van der Waals surface area contributed by atoms with Gasteiger partial charge in [0.15, 0.2) is 6.29 Å². The number of hydrogen-bond acceptors (Lipinski definition) is 7. The summed E-state index contributed by atoms with van der Waals surface area (Å²) in [5, 5.41) is 13.3. The molecule has 0 saturated carbocycles. The molecule has 5 aromatic rings. The van der Waals surface area contributed by atoms with Crippen LogP contribution in [0, 0.1) is 0 Å². The predicted octanol–water partition coefficient (Wildman–Crippen LogP) is 7.09. The lowest BCUT2D eigenvalue weighted by Crippen LogP contribution is -2.69. The molecule has 8 nitrogen and oxygen atoms in total. The molecule has 0 unspecified atom stereocenters. The van der Waals surface area contributed by atoms with Crippen LogP contribution in [0.3, 0.4) is 0 Å². The van der Waals surface area contributed by atoms with E-state index in [1.54, 1.807) is 0 Å². The van der Waals surface area contributed by atoms with Crippen LogP contribution in [0.5, 0.6) is 0 Å². The van der Waals surface area contributed by atoms with E-state index in [1.807, 2.05) is 109 Å². The summed E-state index contributed by atoms with van der Waals surface area (Å²) in [6, 6.07) is 38.4. The number of aromatic amines is 1. The maximum absolute atomic E-state index is 12.2. The van der Waals surface area contributed by atoms with Gasteiger partial charge in [-0.25, -0.2) is 0 Å². The number of unbranched alkanes of at least 4 members (excludes halogenated alkanes) is 2. The van der Waals surface area contributed by atoms with Crippen molar-refractivity contribution in [3.05, 3.63) is 144 Å². The molecule has 0 radical (unpaired) electrons. The molecule has 5 atom stereocenters. The van der Waals surface area contributed by atoms with Gasteiger partial charge in [0.1, 0.15) is 23.9 Å². The van der Waals surface area contributed by atoms with E-state index in [1.165, 1.54) is 0 Å². The molecule has 4 N–H and O–H groups in total. The Kier molecular flexibility index (Phi) is 13.2. The van der Waals surface area contributed by atoms with Gasteiger partial charge >= 0.3 is 0 Å². The normalized spacial score (nSPS) is 22.2. The molecule has 264 valence electrons. The van der Waals surface area contributed by atoms with Crippen LogP contribution >= 0.6 is 0 Å².